The van der Waals surface area contributed by atoms with Crippen LogP contribution in [0.25, 0.3) is 10.8 Å². The topological polar surface area (TPSA) is 159 Å². The molecule has 0 atom stereocenters. The van der Waals surface area contributed by atoms with Crippen LogP contribution in [0.15, 0.2) is 218 Å². The van der Waals surface area contributed by atoms with E-state index in [4.69, 9.17) is 5.11 Å². The highest BCUT2D eigenvalue weighted by Crippen LogP contribution is 2.29. The Kier molecular flexibility index (Phi) is 34.2. The molecule has 0 bridgehead atoms. The number of nitrogens with zero attached hydrogens (tertiary/aromatic N) is 2. The molecule has 0 aliphatic rings. The summed E-state index contributed by atoms with van der Waals surface area (Å²) in [5, 5.41) is 32.2. The second kappa shape index (κ2) is 39.4. The molecule has 0 unspecified atom stereocenters. The van der Waals surface area contributed by atoms with Crippen LogP contribution in [-0.4, -0.2) is 40.6 Å². The van der Waals surface area contributed by atoms with Crippen molar-refractivity contribution in [1.29, 1.82) is 0 Å². The second-order valence-corrected chi connectivity index (χ2v) is 31.2. The van der Waals surface area contributed by atoms with E-state index in [1.807, 2.05) is 65.0 Å². The number of halogens is 2. The van der Waals surface area contributed by atoms with Gasteiger partial charge in [0.1, 0.15) is 5.75 Å². The van der Waals surface area contributed by atoms with Crippen molar-refractivity contribution >= 4 is 34.1 Å². The number of fused-ring (bicyclic) bond motifs is 1. The summed E-state index contributed by atoms with van der Waals surface area (Å²) in [5.74, 6) is 0.0653. The molecule has 11 nitrogen and oxygen atoms in total. The number of nitro groups is 2. The van der Waals surface area contributed by atoms with Crippen molar-refractivity contribution in [2.45, 2.75) is 210 Å². The molecule has 9 aromatic rings. The Bertz CT molecular complexity index is 3830. The lowest BCUT2D eigenvalue weighted by atomic mass is 9.87. The number of non-ortho nitro benzene ring substituents is 2. The monoisotopic (exact) mass is 1370 g/mol. The van der Waals surface area contributed by atoms with Crippen LogP contribution in [0.1, 0.15) is 235 Å². The smallest absolute Gasteiger partial charge is 0.387 e. The molecule has 0 fully saturated rings. The summed E-state index contributed by atoms with van der Waals surface area (Å²) >= 11 is 0. The number of hydrogen-bond donors (Lipinski definition) is 1. The molecule has 9 rings (SSSR count). The van der Waals surface area contributed by atoms with Gasteiger partial charge >= 0.3 is 18.6 Å². The molecule has 13 heteroatoms. The van der Waals surface area contributed by atoms with Crippen LogP contribution in [-0.2, 0) is 37.2 Å². The third kappa shape index (κ3) is 32.5. The molecule has 0 spiro atoms. The van der Waals surface area contributed by atoms with Gasteiger partial charge in [-0.05, 0) is 143 Å². The first-order chi connectivity index (χ1) is 46.1. The third-order valence-electron chi connectivity index (χ3n) is 15.8. The molecular weight excluding hydrogens is 1250 g/mol. The average molecular weight is 1370 g/mol. The minimum Gasteiger partial charge on any atom is -0.478 e. The van der Waals surface area contributed by atoms with Crippen LogP contribution >= 0.6 is 0 Å². The maximum atomic E-state index is 11.8. The minimum absolute atomic E-state index is 0.0357. The summed E-state index contributed by atoms with van der Waals surface area (Å²) in [7, 11) is 1.39. The zero-order chi connectivity index (χ0) is 76.1. The molecule has 0 aliphatic heterocycles. The molecule has 538 valence electrons. The van der Waals surface area contributed by atoms with Gasteiger partial charge < -0.3 is 14.6 Å². The highest BCUT2D eigenvalue weighted by Gasteiger charge is 2.19. The maximum absolute atomic E-state index is 11.8. The summed E-state index contributed by atoms with van der Waals surface area (Å²) in [4.78, 5) is 41.8. The number of carbonyl (C=O) groups is 2. The minimum atomic E-state index is -2.75. The molecule has 0 radical (unpaired) electrons. The lowest BCUT2D eigenvalue weighted by molar-refractivity contribution is -0.385. The fraction of sp³-hybridized carbons (Fsp3) is 0.379. The predicted octanol–water partition coefficient (Wildman–Crippen LogP) is 24.9. The molecule has 0 aromatic heterocycles. The van der Waals surface area contributed by atoms with Gasteiger partial charge in [0.2, 0.25) is 0 Å². The van der Waals surface area contributed by atoms with Gasteiger partial charge in [-0.3, -0.25) is 20.2 Å². The van der Waals surface area contributed by atoms with Crippen molar-refractivity contribution in [3.63, 3.8) is 0 Å². The summed E-state index contributed by atoms with van der Waals surface area (Å²) < 4.78 is 32.4. The van der Waals surface area contributed by atoms with Crippen molar-refractivity contribution < 1.29 is 42.8 Å². The van der Waals surface area contributed by atoms with Gasteiger partial charge in [-0.2, -0.15) is 8.78 Å². The number of esters is 1. The van der Waals surface area contributed by atoms with Gasteiger partial charge in [0.05, 0.1) is 28.1 Å². The highest BCUT2D eigenvalue weighted by molar-refractivity contribution is 5.89. The Balaban J connectivity index is 0.000000389. The van der Waals surface area contributed by atoms with E-state index in [0.29, 0.717) is 28.4 Å². The molecule has 9 aromatic carbocycles. The Morgan fingerprint density at radius 3 is 1.10 bits per heavy atom. The third-order valence-corrected chi connectivity index (χ3v) is 15.8. The van der Waals surface area contributed by atoms with E-state index in [9.17, 15) is 38.6 Å². The number of nitro benzene ring substituents is 2. The molecule has 0 heterocycles. The van der Waals surface area contributed by atoms with Crippen molar-refractivity contribution in [3.05, 3.63) is 300 Å². The first-order valence-corrected chi connectivity index (χ1v) is 33.8. The average Bonchev–Trinajstić information content (AvgIpc) is 0.876. The fourth-order valence-electron chi connectivity index (χ4n) is 9.10. The van der Waals surface area contributed by atoms with Gasteiger partial charge in [-0.25, -0.2) is 9.59 Å². The summed E-state index contributed by atoms with van der Waals surface area (Å²) in [5.41, 5.74) is 13.2. The van der Waals surface area contributed by atoms with E-state index in [-0.39, 0.29) is 60.0 Å². The number of carboxylic acids is 1. The SMILES string of the molecule is CC(C)(C)c1ccc(C(=O)O)cc1.CC(C)(C)c1ccc([N+](=O)[O-])cc1.CC(C)(C)c1cccc([N+](=O)[O-])c1.CC(C)(C)c1ccccc1.CC(C)c1ccc(OC(F)F)cc1.CC(C)c1ccc2ccccc2c1.COC(=O)c1ccc(C(C)(C)C)cc1.Cc1ccc(C(C)(C)C)cc1. The first kappa shape index (κ1) is 86.7. The quantitative estimate of drug-likeness (QED) is 0.0887. The van der Waals surface area contributed by atoms with Gasteiger partial charge in [0, 0.05) is 24.3 Å². The Morgan fingerprint density at radius 2 is 0.740 bits per heavy atom. The zero-order valence-electron chi connectivity index (χ0n) is 63.9. The largest absolute Gasteiger partial charge is 0.478 e. The van der Waals surface area contributed by atoms with E-state index in [2.05, 4.69) is 231 Å². The number of benzene rings is 9. The number of rotatable bonds is 8. The highest BCUT2D eigenvalue weighted by atomic mass is 19.3. The van der Waals surface area contributed by atoms with Crippen molar-refractivity contribution in [2.75, 3.05) is 7.11 Å². The van der Waals surface area contributed by atoms with Crippen LogP contribution in [0.5, 0.6) is 5.75 Å². The van der Waals surface area contributed by atoms with Crippen LogP contribution in [0.4, 0.5) is 20.2 Å². The van der Waals surface area contributed by atoms with Crippen LogP contribution in [0.2, 0.25) is 0 Å². The standard InChI is InChI=1S/C13H14.C12H16O2.C11H14O2.C11H16.C10H12F2O.2C10H13NO2.C10H14/c1-10(2)12-8-7-11-5-3-4-6-13(11)9-12;1-12(2,3)10-7-5-9(6-8-10)11(13)14-4;1-11(2,3)9-6-4-8(5-7-9)10(12)13;1-9-5-7-10(8-6-9)11(2,3)4;1-7(2)8-3-5-9(6-4-8)13-10(11)12;1-10(2,3)8-4-6-9(7-5-8)11(12)13;1-10(2,3)8-5-4-6-9(7-8)11(12)13;1-10(2,3)9-7-5-4-6-8-9/h3-10H,1-2H3;5-8H,1-4H3;4-7H,1-3H3,(H,12,13);5-8H,1-4H3;3-7,10H,1-2H3;2*4-7H,1-3H3;4-8H,1-3H3. The number of carbonyl (C=O) groups excluding carboxylic acids is 1. The van der Waals surface area contributed by atoms with E-state index >= 15 is 0 Å². The lowest BCUT2D eigenvalue weighted by Gasteiger charge is -2.18. The summed E-state index contributed by atoms with van der Waals surface area (Å²) in [6.07, 6.45) is 0. The van der Waals surface area contributed by atoms with Gasteiger partial charge in [-0.1, -0.05) is 316 Å². The fourth-order valence-corrected chi connectivity index (χ4v) is 9.10. The van der Waals surface area contributed by atoms with E-state index in [1.54, 1.807) is 84.9 Å². The molecule has 0 saturated heterocycles. The van der Waals surface area contributed by atoms with Crippen LogP contribution in [0, 0.1) is 27.2 Å². The Labute approximate surface area is 596 Å². The predicted molar refractivity (Wildman–Crippen MR) is 412 cm³/mol. The van der Waals surface area contributed by atoms with Crippen LogP contribution < -0.4 is 4.74 Å². The normalized spacial score (nSPS) is 11.2. The van der Waals surface area contributed by atoms with Gasteiger partial charge in [0.25, 0.3) is 11.4 Å². The maximum Gasteiger partial charge on any atom is 0.387 e. The number of ether oxygens (including phenoxy) is 2. The molecule has 0 aliphatic carbocycles. The lowest BCUT2D eigenvalue weighted by Crippen LogP contribution is -2.11. The van der Waals surface area contributed by atoms with Crippen molar-refractivity contribution in [1.82, 2.24) is 0 Å². The Hall–Kier alpha value is -9.36. The number of aryl methyl sites for hydroxylation is 1. The number of alkyl halides is 2. The van der Waals surface area contributed by atoms with E-state index in [0.717, 1.165) is 22.3 Å². The number of methoxy groups -OCH3 is 1. The van der Waals surface area contributed by atoms with E-state index < -0.39 is 12.6 Å². The number of aromatic carboxylic acids is 1. The van der Waals surface area contributed by atoms with Gasteiger partial charge in [0.15, 0.2) is 0 Å². The molecule has 100 heavy (non-hydrogen) atoms. The number of hydrogen-bond acceptors (Lipinski definition) is 8. The Morgan fingerprint density at radius 1 is 0.390 bits per heavy atom. The molecular formula is C87H112F2N2O9. The van der Waals surface area contributed by atoms with E-state index in [1.165, 1.54) is 51.8 Å². The van der Waals surface area contributed by atoms with Crippen LogP contribution in [0.3, 0.4) is 0 Å². The molecule has 0 amide bonds. The summed E-state index contributed by atoms with van der Waals surface area (Å²) in [6, 6.07) is 69.2. The van der Waals surface area contributed by atoms with Crippen molar-refractivity contribution in [2.24, 2.45) is 0 Å². The van der Waals surface area contributed by atoms with Gasteiger partial charge in [-0.15, -0.1) is 0 Å². The first-order valence-electron chi connectivity index (χ1n) is 33.8. The van der Waals surface area contributed by atoms with Crippen molar-refractivity contribution in [3.8, 4) is 5.75 Å². The molecule has 1 N–H and O–H groups in total. The zero-order valence-corrected chi connectivity index (χ0v) is 63.9. The second-order valence-electron chi connectivity index (χ2n) is 31.2. The molecule has 0 saturated carbocycles. The number of carboxylic acid groups (broad SMARTS) is 1. The summed E-state index contributed by atoms with van der Waals surface area (Å²) in [6.45, 7) is 46.3.